The summed E-state index contributed by atoms with van der Waals surface area (Å²) in [5.41, 5.74) is 6.93. The number of carbonyl (C=O) groups excluding carboxylic acids is 1. The molecule has 1 aromatic carbocycles. The number of amides is 1. The van der Waals surface area contributed by atoms with Gasteiger partial charge in [-0.15, -0.1) is 0 Å². The van der Waals surface area contributed by atoms with Crippen molar-refractivity contribution in [3.8, 4) is 0 Å². The molecule has 106 valence electrons. The molecule has 0 spiro atoms. The lowest BCUT2D eigenvalue weighted by Crippen LogP contribution is -2.42. The predicted molar refractivity (Wildman–Crippen MR) is 80.2 cm³/mol. The van der Waals surface area contributed by atoms with Gasteiger partial charge >= 0.3 is 0 Å². The fraction of sp³-hybridized carbons (Fsp3) is 0.500. The van der Waals surface area contributed by atoms with Gasteiger partial charge in [0.05, 0.1) is 6.04 Å². The molecular weight excluding hydrogens is 260 g/mol. The van der Waals surface area contributed by atoms with Gasteiger partial charge in [0.15, 0.2) is 0 Å². The molecule has 0 aliphatic rings. The number of carbonyl (C=O) groups is 1. The molecular formula is C14H22N2O2S. The van der Waals surface area contributed by atoms with Crippen molar-refractivity contribution in [3.05, 3.63) is 35.9 Å². The van der Waals surface area contributed by atoms with Crippen molar-refractivity contribution >= 4 is 17.7 Å². The third-order valence-electron chi connectivity index (χ3n) is 2.63. The molecule has 5 heteroatoms. The lowest BCUT2D eigenvalue weighted by molar-refractivity contribution is -0.122. The van der Waals surface area contributed by atoms with E-state index in [1.165, 1.54) is 0 Å². The number of nitrogens with one attached hydrogen (secondary N) is 1. The average molecular weight is 282 g/mol. The van der Waals surface area contributed by atoms with Gasteiger partial charge < -0.3 is 16.2 Å². The summed E-state index contributed by atoms with van der Waals surface area (Å²) >= 11 is 1.72. The van der Waals surface area contributed by atoms with Crippen LogP contribution < -0.4 is 11.1 Å². The molecule has 0 aliphatic carbocycles. The molecule has 19 heavy (non-hydrogen) atoms. The second kappa shape index (κ2) is 9.83. The van der Waals surface area contributed by atoms with E-state index in [0.29, 0.717) is 13.0 Å². The minimum atomic E-state index is -0.496. The average Bonchev–Trinajstić information content (AvgIpc) is 2.43. The summed E-state index contributed by atoms with van der Waals surface area (Å²) in [7, 11) is 0. The highest BCUT2D eigenvalue weighted by molar-refractivity contribution is 7.99. The van der Waals surface area contributed by atoms with E-state index in [9.17, 15) is 4.79 Å². The summed E-state index contributed by atoms with van der Waals surface area (Å²) < 4.78 is 0. The molecule has 0 unspecified atom stereocenters. The van der Waals surface area contributed by atoms with Gasteiger partial charge in [0.2, 0.25) is 5.91 Å². The van der Waals surface area contributed by atoms with Crippen LogP contribution in [-0.2, 0) is 11.2 Å². The SMILES string of the molecule is N[C@@H](Cc1ccccc1)C(=O)NCCSCCCO. The number of aliphatic hydroxyl groups excluding tert-OH is 1. The first-order valence-electron chi connectivity index (χ1n) is 6.50. The number of hydrogen-bond acceptors (Lipinski definition) is 4. The van der Waals surface area contributed by atoms with E-state index in [1.54, 1.807) is 11.8 Å². The van der Waals surface area contributed by atoms with Gasteiger partial charge in [-0.2, -0.15) is 11.8 Å². The van der Waals surface area contributed by atoms with Crippen LogP contribution in [0.2, 0.25) is 0 Å². The van der Waals surface area contributed by atoms with Crippen LogP contribution in [0.5, 0.6) is 0 Å². The first kappa shape index (κ1) is 16.0. The number of nitrogens with two attached hydrogens (primary N) is 1. The molecule has 0 saturated heterocycles. The first-order valence-corrected chi connectivity index (χ1v) is 7.65. The Morgan fingerprint density at radius 3 is 2.74 bits per heavy atom. The standard InChI is InChI=1S/C14H22N2O2S/c15-13(11-12-5-2-1-3-6-12)14(18)16-7-10-19-9-4-8-17/h1-3,5-6,13,17H,4,7-11,15H2,(H,16,18)/t13-/m0/s1. The Balaban J connectivity index is 2.15. The van der Waals surface area contributed by atoms with Crippen molar-refractivity contribution in [2.75, 3.05) is 24.7 Å². The van der Waals surface area contributed by atoms with E-state index in [2.05, 4.69) is 5.32 Å². The van der Waals surface area contributed by atoms with Crippen LogP contribution in [0.1, 0.15) is 12.0 Å². The first-order chi connectivity index (χ1) is 9.24. The summed E-state index contributed by atoms with van der Waals surface area (Å²) in [5, 5.41) is 11.5. The molecule has 0 radical (unpaired) electrons. The van der Waals surface area contributed by atoms with Gasteiger partial charge in [0, 0.05) is 18.9 Å². The third kappa shape index (κ3) is 7.20. The summed E-state index contributed by atoms with van der Waals surface area (Å²) in [5.74, 6) is 1.67. The molecule has 0 aliphatic heterocycles. The van der Waals surface area contributed by atoms with Gasteiger partial charge in [0.1, 0.15) is 0 Å². The molecule has 0 heterocycles. The van der Waals surface area contributed by atoms with Crippen molar-refractivity contribution in [2.45, 2.75) is 18.9 Å². The van der Waals surface area contributed by atoms with Crippen molar-refractivity contribution < 1.29 is 9.90 Å². The molecule has 4 nitrogen and oxygen atoms in total. The molecule has 0 fully saturated rings. The van der Waals surface area contributed by atoms with Crippen LogP contribution in [0.3, 0.4) is 0 Å². The van der Waals surface area contributed by atoms with E-state index in [0.717, 1.165) is 23.5 Å². The molecule has 1 amide bonds. The zero-order valence-corrected chi connectivity index (χ0v) is 11.9. The Hall–Kier alpha value is -1.04. The second-order valence-electron chi connectivity index (χ2n) is 4.28. The fourth-order valence-electron chi connectivity index (χ4n) is 1.61. The van der Waals surface area contributed by atoms with Crippen LogP contribution >= 0.6 is 11.8 Å². The van der Waals surface area contributed by atoms with Gasteiger partial charge in [-0.3, -0.25) is 4.79 Å². The number of aliphatic hydroxyl groups is 1. The largest absolute Gasteiger partial charge is 0.396 e. The minimum absolute atomic E-state index is 0.105. The normalized spacial score (nSPS) is 12.1. The van der Waals surface area contributed by atoms with Crippen LogP contribution in [0.25, 0.3) is 0 Å². The molecule has 4 N–H and O–H groups in total. The zero-order valence-electron chi connectivity index (χ0n) is 11.0. The lowest BCUT2D eigenvalue weighted by atomic mass is 10.1. The van der Waals surface area contributed by atoms with Gasteiger partial charge in [-0.1, -0.05) is 30.3 Å². The Morgan fingerprint density at radius 2 is 2.05 bits per heavy atom. The van der Waals surface area contributed by atoms with E-state index in [4.69, 9.17) is 10.8 Å². The van der Waals surface area contributed by atoms with Gasteiger partial charge in [-0.05, 0) is 24.2 Å². The minimum Gasteiger partial charge on any atom is -0.396 e. The highest BCUT2D eigenvalue weighted by Gasteiger charge is 2.12. The Morgan fingerprint density at radius 1 is 1.32 bits per heavy atom. The number of hydrogen-bond donors (Lipinski definition) is 3. The van der Waals surface area contributed by atoms with Crippen LogP contribution in [0.4, 0.5) is 0 Å². The molecule has 0 bridgehead atoms. The lowest BCUT2D eigenvalue weighted by Gasteiger charge is -2.12. The summed E-state index contributed by atoms with van der Waals surface area (Å²) in [6.07, 6.45) is 1.36. The monoisotopic (exact) mass is 282 g/mol. The van der Waals surface area contributed by atoms with Crippen LogP contribution in [0, 0.1) is 0 Å². The smallest absolute Gasteiger partial charge is 0.237 e. The Bertz CT molecular complexity index is 360. The number of rotatable bonds is 9. The second-order valence-corrected chi connectivity index (χ2v) is 5.50. The van der Waals surface area contributed by atoms with Crippen molar-refractivity contribution in [3.63, 3.8) is 0 Å². The molecule has 1 aromatic rings. The highest BCUT2D eigenvalue weighted by atomic mass is 32.2. The maximum atomic E-state index is 11.8. The van der Waals surface area contributed by atoms with Crippen molar-refractivity contribution in [1.82, 2.24) is 5.32 Å². The van der Waals surface area contributed by atoms with E-state index in [-0.39, 0.29) is 12.5 Å². The number of thioether (sulfide) groups is 1. The van der Waals surface area contributed by atoms with Gasteiger partial charge in [0.25, 0.3) is 0 Å². The van der Waals surface area contributed by atoms with Crippen LogP contribution in [0.15, 0.2) is 30.3 Å². The Kier molecular flexibility index (Phi) is 8.29. The molecule has 0 saturated carbocycles. The predicted octanol–water partition coefficient (Wildman–Crippen LogP) is 0.788. The van der Waals surface area contributed by atoms with Gasteiger partial charge in [-0.25, -0.2) is 0 Å². The summed E-state index contributed by atoms with van der Waals surface area (Å²) in [6, 6.07) is 9.27. The molecule has 1 atom stereocenters. The zero-order chi connectivity index (χ0) is 13.9. The maximum Gasteiger partial charge on any atom is 0.237 e. The van der Waals surface area contributed by atoms with E-state index >= 15 is 0 Å². The number of benzene rings is 1. The van der Waals surface area contributed by atoms with Crippen molar-refractivity contribution in [2.24, 2.45) is 5.73 Å². The third-order valence-corrected chi connectivity index (χ3v) is 3.70. The quantitative estimate of drug-likeness (QED) is 0.585. The highest BCUT2D eigenvalue weighted by Crippen LogP contribution is 2.02. The molecule has 1 rings (SSSR count). The Labute approximate surface area is 118 Å². The topological polar surface area (TPSA) is 75.4 Å². The molecule has 0 aromatic heterocycles. The van der Waals surface area contributed by atoms with E-state index in [1.807, 2.05) is 30.3 Å². The maximum absolute atomic E-state index is 11.8. The van der Waals surface area contributed by atoms with Crippen molar-refractivity contribution in [1.29, 1.82) is 0 Å². The van der Waals surface area contributed by atoms with Crippen LogP contribution in [-0.4, -0.2) is 41.7 Å². The summed E-state index contributed by atoms with van der Waals surface area (Å²) in [4.78, 5) is 11.8. The summed E-state index contributed by atoms with van der Waals surface area (Å²) in [6.45, 7) is 0.846. The van der Waals surface area contributed by atoms with E-state index < -0.39 is 6.04 Å². The fourth-order valence-corrected chi connectivity index (χ4v) is 2.39.